The highest BCUT2D eigenvalue weighted by Crippen LogP contribution is 2.44. The average molecular weight is 224 g/mol. The second kappa shape index (κ2) is 4.21. The van der Waals surface area contributed by atoms with Crippen LogP contribution < -0.4 is 0 Å². The maximum absolute atomic E-state index is 12.0. The normalized spacial score (nSPS) is 32.1. The number of esters is 1. The molecule has 0 spiro atoms. The Bertz CT molecular complexity index is 306. The quantitative estimate of drug-likeness (QED) is 0.586. The summed E-state index contributed by atoms with van der Waals surface area (Å²) in [4.78, 5) is 12.0. The van der Waals surface area contributed by atoms with Crippen molar-refractivity contribution >= 4 is 5.97 Å². The molecule has 0 radical (unpaired) electrons. The molecule has 90 valence electrons. The SMILES string of the molecule is CC(C)(CCO)OC(=O)[C@@H]1C[C@H]2C=C[C@@H]1C2. The third-order valence-electron chi connectivity index (χ3n) is 3.67. The van der Waals surface area contributed by atoms with Gasteiger partial charge >= 0.3 is 5.97 Å². The van der Waals surface area contributed by atoms with Gasteiger partial charge in [0.2, 0.25) is 0 Å². The summed E-state index contributed by atoms with van der Waals surface area (Å²) >= 11 is 0. The number of fused-ring (bicyclic) bond motifs is 2. The molecule has 2 bridgehead atoms. The van der Waals surface area contributed by atoms with E-state index in [-0.39, 0.29) is 18.5 Å². The molecule has 0 aromatic heterocycles. The van der Waals surface area contributed by atoms with Gasteiger partial charge in [0.05, 0.1) is 5.92 Å². The number of hydrogen-bond acceptors (Lipinski definition) is 3. The van der Waals surface area contributed by atoms with Crippen LogP contribution in [0.25, 0.3) is 0 Å². The lowest BCUT2D eigenvalue weighted by Gasteiger charge is -2.27. The van der Waals surface area contributed by atoms with Crippen molar-refractivity contribution in [1.82, 2.24) is 0 Å². The van der Waals surface area contributed by atoms with Crippen molar-refractivity contribution < 1.29 is 14.6 Å². The van der Waals surface area contributed by atoms with Gasteiger partial charge in [-0.2, -0.15) is 0 Å². The third kappa shape index (κ3) is 2.29. The van der Waals surface area contributed by atoms with E-state index in [0.29, 0.717) is 18.3 Å². The molecule has 0 aromatic rings. The van der Waals surface area contributed by atoms with Crippen LogP contribution >= 0.6 is 0 Å². The van der Waals surface area contributed by atoms with E-state index in [2.05, 4.69) is 12.2 Å². The van der Waals surface area contributed by atoms with Gasteiger partial charge in [-0.15, -0.1) is 0 Å². The Hall–Kier alpha value is -0.830. The van der Waals surface area contributed by atoms with Gasteiger partial charge < -0.3 is 9.84 Å². The second-order valence-electron chi connectivity index (χ2n) is 5.54. The number of aliphatic hydroxyl groups is 1. The van der Waals surface area contributed by atoms with E-state index >= 15 is 0 Å². The molecule has 1 saturated carbocycles. The van der Waals surface area contributed by atoms with Gasteiger partial charge in [0.15, 0.2) is 0 Å². The Balaban J connectivity index is 1.91. The average Bonchev–Trinajstić information content (AvgIpc) is 2.77. The van der Waals surface area contributed by atoms with Gasteiger partial charge in [0, 0.05) is 13.0 Å². The van der Waals surface area contributed by atoms with Crippen molar-refractivity contribution in [3.05, 3.63) is 12.2 Å². The summed E-state index contributed by atoms with van der Waals surface area (Å²) in [7, 11) is 0. The third-order valence-corrected chi connectivity index (χ3v) is 3.67. The first-order chi connectivity index (χ1) is 7.52. The van der Waals surface area contributed by atoms with Crippen LogP contribution in [0, 0.1) is 17.8 Å². The topological polar surface area (TPSA) is 46.5 Å². The fourth-order valence-corrected chi connectivity index (χ4v) is 2.72. The summed E-state index contributed by atoms with van der Waals surface area (Å²) in [6.07, 6.45) is 6.91. The monoisotopic (exact) mass is 224 g/mol. The molecule has 3 nitrogen and oxygen atoms in total. The second-order valence-corrected chi connectivity index (χ2v) is 5.54. The van der Waals surface area contributed by atoms with Crippen LogP contribution in [0.1, 0.15) is 33.1 Å². The first-order valence-corrected chi connectivity index (χ1v) is 6.04. The highest BCUT2D eigenvalue weighted by atomic mass is 16.6. The molecule has 3 heteroatoms. The van der Waals surface area contributed by atoms with Crippen molar-refractivity contribution in [2.45, 2.75) is 38.7 Å². The molecule has 2 rings (SSSR count). The zero-order chi connectivity index (χ0) is 11.8. The van der Waals surface area contributed by atoms with Crippen LogP contribution in [0.5, 0.6) is 0 Å². The minimum atomic E-state index is -0.544. The molecule has 0 aliphatic heterocycles. The molecule has 1 N–H and O–H groups in total. The molecule has 0 unspecified atom stereocenters. The highest BCUT2D eigenvalue weighted by Gasteiger charge is 2.42. The Kier molecular flexibility index (Phi) is 3.06. The van der Waals surface area contributed by atoms with E-state index in [1.807, 2.05) is 13.8 Å². The van der Waals surface area contributed by atoms with Crippen molar-refractivity contribution in [1.29, 1.82) is 0 Å². The smallest absolute Gasteiger partial charge is 0.310 e. The van der Waals surface area contributed by atoms with E-state index in [0.717, 1.165) is 12.8 Å². The first-order valence-electron chi connectivity index (χ1n) is 6.04. The van der Waals surface area contributed by atoms with Gasteiger partial charge in [-0.1, -0.05) is 12.2 Å². The highest BCUT2D eigenvalue weighted by molar-refractivity contribution is 5.74. The maximum Gasteiger partial charge on any atom is 0.310 e. The predicted molar refractivity (Wildman–Crippen MR) is 60.7 cm³/mol. The van der Waals surface area contributed by atoms with E-state index < -0.39 is 5.60 Å². The standard InChI is InChI=1S/C13H20O3/c1-13(2,5-6-14)16-12(15)11-8-9-3-4-10(11)7-9/h3-4,9-11,14H,5-8H2,1-2H3/t9-,10+,11+/m0/s1. The lowest BCUT2D eigenvalue weighted by Crippen LogP contribution is -2.33. The molecule has 16 heavy (non-hydrogen) atoms. The number of aliphatic hydroxyl groups excluding tert-OH is 1. The Morgan fingerprint density at radius 2 is 2.19 bits per heavy atom. The molecule has 0 amide bonds. The van der Waals surface area contributed by atoms with E-state index in [9.17, 15) is 4.79 Å². The minimum absolute atomic E-state index is 0.0490. The summed E-state index contributed by atoms with van der Waals surface area (Å²) in [5, 5.41) is 8.88. The van der Waals surface area contributed by atoms with Crippen LogP contribution in [0.2, 0.25) is 0 Å². The number of hydrogen-bond donors (Lipinski definition) is 1. The van der Waals surface area contributed by atoms with Crippen molar-refractivity contribution in [3.8, 4) is 0 Å². The minimum Gasteiger partial charge on any atom is -0.459 e. The number of carbonyl (C=O) groups excluding carboxylic acids is 1. The molecule has 1 fully saturated rings. The van der Waals surface area contributed by atoms with Crippen LogP contribution in [-0.2, 0) is 9.53 Å². The lowest BCUT2D eigenvalue weighted by atomic mass is 9.93. The Labute approximate surface area is 96.5 Å². The van der Waals surface area contributed by atoms with Crippen molar-refractivity contribution in [2.75, 3.05) is 6.61 Å². The molecular weight excluding hydrogens is 204 g/mol. The van der Waals surface area contributed by atoms with Gasteiger partial charge in [0.25, 0.3) is 0 Å². The summed E-state index contributed by atoms with van der Waals surface area (Å²) in [6.45, 7) is 3.76. The number of ether oxygens (including phenoxy) is 1. The molecule has 0 aromatic carbocycles. The van der Waals surface area contributed by atoms with Crippen LogP contribution in [0.15, 0.2) is 12.2 Å². The Morgan fingerprint density at radius 1 is 1.44 bits per heavy atom. The first kappa shape index (κ1) is 11.6. The van der Waals surface area contributed by atoms with Crippen molar-refractivity contribution in [2.24, 2.45) is 17.8 Å². The number of carbonyl (C=O) groups is 1. The zero-order valence-corrected chi connectivity index (χ0v) is 9.98. The summed E-state index contributed by atoms with van der Waals surface area (Å²) in [6, 6.07) is 0. The number of rotatable bonds is 4. The molecule has 2 aliphatic rings. The molecule has 0 heterocycles. The Morgan fingerprint density at radius 3 is 2.69 bits per heavy atom. The lowest BCUT2D eigenvalue weighted by molar-refractivity contribution is -0.163. The predicted octanol–water partition coefficient (Wildman–Crippen LogP) is 1.90. The van der Waals surface area contributed by atoms with E-state index in [4.69, 9.17) is 9.84 Å². The molecular formula is C13H20O3. The van der Waals surface area contributed by atoms with Crippen LogP contribution in [0.3, 0.4) is 0 Å². The van der Waals surface area contributed by atoms with Crippen LogP contribution in [-0.4, -0.2) is 23.3 Å². The fraction of sp³-hybridized carbons (Fsp3) is 0.769. The molecule has 0 saturated heterocycles. The van der Waals surface area contributed by atoms with Crippen LogP contribution in [0.4, 0.5) is 0 Å². The summed E-state index contributed by atoms with van der Waals surface area (Å²) in [5.74, 6) is 0.939. The van der Waals surface area contributed by atoms with Crippen molar-refractivity contribution in [3.63, 3.8) is 0 Å². The maximum atomic E-state index is 12.0. The zero-order valence-electron chi connectivity index (χ0n) is 9.98. The van der Waals surface area contributed by atoms with E-state index in [1.54, 1.807) is 0 Å². The largest absolute Gasteiger partial charge is 0.459 e. The fourth-order valence-electron chi connectivity index (χ4n) is 2.72. The summed E-state index contributed by atoms with van der Waals surface area (Å²) < 4.78 is 5.48. The van der Waals surface area contributed by atoms with Gasteiger partial charge in [0.1, 0.15) is 5.60 Å². The van der Waals surface area contributed by atoms with Gasteiger partial charge in [-0.3, -0.25) is 4.79 Å². The van der Waals surface area contributed by atoms with E-state index in [1.165, 1.54) is 0 Å². The van der Waals surface area contributed by atoms with Gasteiger partial charge in [-0.25, -0.2) is 0 Å². The molecule has 2 aliphatic carbocycles. The molecule has 3 atom stereocenters. The number of allylic oxidation sites excluding steroid dienone is 2. The summed E-state index contributed by atoms with van der Waals surface area (Å²) in [5.41, 5.74) is -0.544. The van der Waals surface area contributed by atoms with Gasteiger partial charge in [-0.05, 0) is 38.5 Å².